The average Bonchev–Trinajstić information content (AvgIpc) is 2.66. The third-order valence-electron chi connectivity index (χ3n) is 3.33. The number of likely N-dealkylation sites (N-methyl/N-ethyl adjacent to an activating group) is 1. The Morgan fingerprint density at radius 1 is 1.35 bits per heavy atom. The zero-order valence-corrected chi connectivity index (χ0v) is 11.5. The van der Waals surface area contributed by atoms with Gasteiger partial charge in [0.1, 0.15) is 5.60 Å². The molecule has 1 aliphatic rings. The smallest absolute Gasteiger partial charge is 0.410 e. The van der Waals surface area contributed by atoms with E-state index in [0.717, 1.165) is 25.7 Å². The Bertz CT molecular complexity index is 264. The first-order valence-corrected chi connectivity index (χ1v) is 6.46. The van der Waals surface area contributed by atoms with Gasteiger partial charge in [-0.1, -0.05) is 12.8 Å². The Kier molecular flexibility index (Phi) is 4.42. The van der Waals surface area contributed by atoms with Gasteiger partial charge < -0.3 is 14.7 Å². The van der Waals surface area contributed by atoms with E-state index in [9.17, 15) is 9.90 Å². The fourth-order valence-electron chi connectivity index (χ4n) is 2.52. The number of ether oxygens (including phenoxy) is 1. The molecule has 1 rings (SSSR count). The molecule has 1 amide bonds. The molecular weight excluding hydrogens is 218 g/mol. The van der Waals surface area contributed by atoms with E-state index in [0.29, 0.717) is 6.54 Å². The molecule has 0 bridgehead atoms. The monoisotopic (exact) mass is 243 g/mol. The Morgan fingerprint density at radius 2 is 1.88 bits per heavy atom. The van der Waals surface area contributed by atoms with Gasteiger partial charge in [0, 0.05) is 6.54 Å². The van der Waals surface area contributed by atoms with E-state index in [-0.39, 0.29) is 12.7 Å². The zero-order chi connectivity index (χ0) is 13.1. The van der Waals surface area contributed by atoms with Crippen molar-refractivity contribution in [3.8, 4) is 0 Å². The molecule has 0 aromatic carbocycles. The summed E-state index contributed by atoms with van der Waals surface area (Å²) in [7, 11) is 0. The summed E-state index contributed by atoms with van der Waals surface area (Å²) < 4.78 is 5.41. The summed E-state index contributed by atoms with van der Waals surface area (Å²) in [6, 6.07) is 0. The minimum absolute atomic E-state index is 0.0279. The number of amides is 1. The summed E-state index contributed by atoms with van der Waals surface area (Å²) in [5.74, 6) is 0. The number of carbonyl (C=O) groups is 1. The van der Waals surface area contributed by atoms with Crippen LogP contribution in [0.4, 0.5) is 4.79 Å². The molecule has 17 heavy (non-hydrogen) atoms. The zero-order valence-electron chi connectivity index (χ0n) is 11.5. The van der Waals surface area contributed by atoms with E-state index in [4.69, 9.17) is 4.74 Å². The fraction of sp³-hybridized carbons (Fsp3) is 0.923. The predicted octanol–water partition coefficient (Wildman–Crippen LogP) is 2.55. The molecule has 1 aliphatic carbocycles. The maximum Gasteiger partial charge on any atom is 0.410 e. The number of rotatable bonds is 3. The number of hydrogen-bond donors (Lipinski definition) is 1. The first-order valence-electron chi connectivity index (χ1n) is 6.46. The first-order chi connectivity index (χ1) is 7.84. The van der Waals surface area contributed by atoms with E-state index in [1.54, 1.807) is 4.90 Å². The molecule has 0 aromatic rings. The molecule has 1 saturated carbocycles. The van der Waals surface area contributed by atoms with Crippen LogP contribution in [0.25, 0.3) is 0 Å². The second kappa shape index (κ2) is 5.25. The van der Waals surface area contributed by atoms with Crippen LogP contribution in [-0.2, 0) is 4.74 Å². The van der Waals surface area contributed by atoms with Crippen molar-refractivity contribution in [1.29, 1.82) is 0 Å². The molecule has 0 aliphatic heterocycles. The van der Waals surface area contributed by atoms with Crippen LogP contribution in [0.5, 0.6) is 0 Å². The van der Waals surface area contributed by atoms with E-state index in [2.05, 4.69) is 0 Å². The lowest BCUT2D eigenvalue weighted by Crippen LogP contribution is -2.53. The van der Waals surface area contributed by atoms with Gasteiger partial charge in [0.15, 0.2) is 0 Å². The Morgan fingerprint density at radius 3 is 2.24 bits per heavy atom. The lowest BCUT2D eigenvalue weighted by atomic mass is 9.96. The number of aliphatic hydroxyl groups is 1. The summed E-state index contributed by atoms with van der Waals surface area (Å²) in [5.41, 5.74) is -0.878. The number of nitrogens with zero attached hydrogens (tertiary/aromatic N) is 1. The average molecular weight is 243 g/mol. The molecule has 1 fully saturated rings. The molecule has 0 heterocycles. The van der Waals surface area contributed by atoms with Crippen LogP contribution >= 0.6 is 0 Å². The van der Waals surface area contributed by atoms with E-state index >= 15 is 0 Å². The Labute approximate surface area is 104 Å². The molecule has 0 atom stereocenters. The summed E-state index contributed by atoms with van der Waals surface area (Å²) in [6.07, 6.45) is 3.57. The Balaban J connectivity index is 2.79. The number of aliphatic hydroxyl groups excluding tert-OH is 1. The highest BCUT2D eigenvalue weighted by atomic mass is 16.6. The highest BCUT2D eigenvalue weighted by Crippen LogP contribution is 2.35. The van der Waals surface area contributed by atoms with Crippen LogP contribution in [0, 0.1) is 0 Å². The molecule has 0 radical (unpaired) electrons. The van der Waals surface area contributed by atoms with Crippen molar-refractivity contribution in [2.75, 3.05) is 13.2 Å². The molecule has 100 valence electrons. The standard InChI is InChI=1S/C13H25NO3/c1-5-14(11(16)17-12(2,3)4)13(10-15)8-6-7-9-13/h15H,5-10H2,1-4H3. The van der Waals surface area contributed by atoms with Gasteiger partial charge in [-0.25, -0.2) is 4.79 Å². The normalized spacial score (nSPS) is 19.1. The lowest BCUT2D eigenvalue weighted by molar-refractivity contribution is -0.0157. The van der Waals surface area contributed by atoms with E-state index < -0.39 is 11.1 Å². The summed E-state index contributed by atoms with van der Waals surface area (Å²) in [6.45, 7) is 8.12. The topological polar surface area (TPSA) is 49.8 Å². The van der Waals surface area contributed by atoms with Crippen molar-refractivity contribution in [2.24, 2.45) is 0 Å². The minimum atomic E-state index is -0.486. The minimum Gasteiger partial charge on any atom is -0.444 e. The van der Waals surface area contributed by atoms with Crippen LogP contribution in [0.1, 0.15) is 53.4 Å². The van der Waals surface area contributed by atoms with Crippen LogP contribution in [0.2, 0.25) is 0 Å². The highest BCUT2D eigenvalue weighted by Gasteiger charge is 2.42. The largest absolute Gasteiger partial charge is 0.444 e. The van der Waals surface area contributed by atoms with Crippen LogP contribution < -0.4 is 0 Å². The maximum atomic E-state index is 12.1. The van der Waals surface area contributed by atoms with Crippen molar-refractivity contribution in [2.45, 2.75) is 64.5 Å². The van der Waals surface area contributed by atoms with E-state index in [1.807, 2.05) is 27.7 Å². The van der Waals surface area contributed by atoms with E-state index in [1.165, 1.54) is 0 Å². The predicted molar refractivity (Wildman–Crippen MR) is 66.9 cm³/mol. The second-order valence-corrected chi connectivity index (χ2v) is 5.81. The second-order valence-electron chi connectivity index (χ2n) is 5.81. The van der Waals surface area contributed by atoms with Gasteiger partial charge in [-0.2, -0.15) is 0 Å². The molecule has 4 heteroatoms. The van der Waals surface area contributed by atoms with Gasteiger partial charge in [0.05, 0.1) is 12.1 Å². The summed E-state index contributed by atoms with van der Waals surface area (Å²) in [5, 5.41) is 9.62. The quantitative estimate of drug-likeness (QED) is 0.828. The van der Waals surface area contributed by atoms with Crippen molar-refractivity contribution in [1.82, 2.24) is 4.90 Å². The molecule has 0 saturated heterocycles. The van der Waals surface area contributed by atoms with Gasteiger partial charge in [-0.3, -0.25) is 0 Å². The lowest BCUT2D eigenvalue weighted by Gasteiger charge is -2.40. The molecule has 1 N–H and O–H groups in total. The summed E-state index contributed by atoms with van der Waals surface area (Å²) >= 11 is 0. The van der Waals surface area contributed by atoms with Crippen molar-refractivity contribution in [3.05, 3.63) is 0 Å². The molecule has 0 aromatic heterocycles. The highest BCUT2D eigenvalue weighted by molar-refractivity contribution is 5.69. The molecule has 4 nitrogen and oxygen atoms in total. The number of carbonyl (C=O) groups excluding carboxylic acids is 1. The van der Waals surface area contributed by atoms with Gasteiger partial charge in [-0.15, -0.1) is 0 Å². The van der Waals surface area contributed by atoms with Crippen LogP contribution in [0.15, 0.2) is 0 Å². The first kappa shape index (κ1) is 14.3. The van der Waals surface area contributed by atoms with Crippen LogP contribution in [0.3, 0.4) is 0 Å². The molecule has 0 unspecified atom stereocenters. The molecule has 0 spiro atoms. The maximum absolute atomic E-state index is 12.1. The van der Waals surface area contributed by atoms with Crippen molar-refractivity contribution in [3.63, 3.8) is 0 Å². The summed E-state index contributed by atoms with van der Waals surface area (Å²) in [4.78, 5) is 13.8. The molecular formula is C13H25NO3. The van der Waals surface area contributed by atoms with Crippen LogP contribution in [-0.4, -0.2) is 40.4 Å². The van der Waals surface area contributed by atoms with Gasteiger partial charge in [0.2, 0.25) is 0 Å². The van der Waals surface area contributed by atoms with Gasteiger partial charge in [0.25, 0.3) is 0 Å². The third-order valence-corrected chi connectivity index (χ3v) is 3.33. The third kappa shape index (κ3) is 3.35. The van der Waals surface area contributed by atoms with Gasteiger partial charge >= 0.3 is 6.09 Å². The number of hydrogen-bond acceptors (Lipinski definition) is 3. The Hall–Kier alpha value is -0.770. The van der Waals surface area contributed by atoms with Gasteiger partial charge in [-0.05, 0) is 40.5 Å². The van der Waals surface area contributed by atoms with Crippen molar-refractivity contribution < 1.29 is 14.6 Å². The fourth-order valence-corrected chi connectivity index (χ4v) is 2.52. The van der Waals surface area contributed by atoms with Crippen molar-refractivity contribution >= 4 is 6.09 Å². The SMILES string of the molecule is CCN(C(=O)OC(C)(C)C)C1(CO)CCCC1.